The van der Waals surface area contributed by atoms with Crippen molar-refractivity contribution < 1.29 is 9.53 Å². The van der Waals surface area contributed by atoms with Crippen LogP contribution in [0.4, 0.5) is 5.69 Å². The monoisotopic (exact) mass is 257 g/mol. The first-order chi connectivity index (χ1) is 9.20. The number of hydrogen-bond acceptors (Lipinski definition) is 4. The molecule has 3 N–H and O–H groups in total. The van der Waals surface area contributed by atoms with Crippen molar-refractivity contribution >= 4 is 11.6 Å². The van der Waals surface area contributed by atoms with Crippen molar-refractivity contribution in [3.05, 3.63) is 48.3 Å². The molecule has 5 heteroatoms. The first-order valence-electron chi connectivity index (χ1n) is 5.97. The Balaban J connectivity index is 2.20. The second kappa shape index (κ2) is 5.86. The molecule has 5 nitrogen and oxygen atoms in total. The third-order valence-corrected chi connectivity index (χ3v) is 2.45. The predicted molar refractivity (Wildman–Crippen MR) is 73.2 cm³/mol. The zero-order chi connectivity index (χ0) is 13.7. The summed E-state index contributed by atoms with van der Waals surface area (Å²) in [4.78, 5) is 15.7. The Kier molecular flexibility index (Phi) is 3.97. The number of amides is 1. The van der Waals surface area contributed by atoms with Gasteiger partial charge in [-0.3, -0.25) is 9.78 Å². The van der Waals surface area contributed by atoms with Gasteiger partial charge in [0, 0.05) is 18.8 Å². The Morgan fingerprint density at radius 3 is 2.89 bits per heavy atom. The van der Waals surface area contributed by atoms with Crippen LogP contribution in [-0.4, -0.2) is 17.4 Å². The highest BCUT2D eigenvalue weighted by Crippen LogP contribution is 2.26. The highest BCUT2D eigenvalue weighted by molar-refractivity contribution is 5.92. The number of nitrogen functional groups attached to an aromatic ring is 1. The van der Waals surface area contributed by atoms with E-state index < -0.39 is 0 Å². The van der Waals surface area contributed by atoms with Crippen LogP contribution >= 0.6 is 0 Å². The lowest BCUT2D eigenvalue weighted by molar-refractivity contribution is 0.0950. The quantitative estimate of drug-likeness (QED) is 0.823. The van der Waals surface area contributed by atoms with Gasteiger partial charge in [0.15, 0.2) is 0 Å². The molecule has 2 aromatic rings. The van der Waals surface area contributed by atoms with Crippen LogP contribution in [0.3, 0.4) is 0 Å². The van der Waals surface area contributed by atoms with Gasteiger partial charge in [-0.25, -0.2) is 0 Å². The number of rotatable bonds is 4. The SMILES string of the molecule is CCNC(=O)c1cc(Oc2ccccc2N)ccn1. The number of nitrogens with one attached hydrogen (secondary N) is 1. The van der Waals surface area contributed by atoms with E-state index in [0.29, 0.717) is 29.4 Å². The van der Waals surface area contributed by atoms with Crippen molar-refractivity contribution in [2.45, 2.75) is 6.92 Å². The van der Waals surface area contributed by atoms with Gasteiger partial charge in [0.2, 0.25) is 0 Å². The van der Waals surface area contributed by atoms with Gasteiger partial charge in [-0.2, -0.15) is 0 Å². The van der Waals surface area contributed by atoms with Gasteiger partial charge in [-0.1, -0.05) is 12.1 Å². The molecule has 0 fully saturated rings. The zero-order valence-corrected chi connectivity index (χ0v) is 10.6. The smallest absolute Gasteiger partial charge is 0.270 e. The number of pyridine rings is 1. The van der Waals surface area contributed by atoms with E-state index >= 15 is 0 Å². The van der Waals surface area contributed by atoms with Gasteiger partial charge in [-0.05, 0) is 25.1 Å². The first kappa shape index (κ1) is 12.9. The molecule has 0 aliphatic carbocycles. The molecule has 2 rings (SSSR count). The molecule has 0 aliphatic rings. The van der Waals surface area contributed by atoms with Crippen LogP contribution in [-0.2, 0) is 0 Å². The summed E-state index contributed by atoms with van der Waals surface area (Å²) in [6.45, 7) is 2.40. The van der Waals surface area contributed by atoms with Crippen molar-refractivity contribution in [2.24, 2.45) is 0 Å². The molecule has 0 unspecified atom stereocenters. The van der Waals surface area contributed by atoms with Gasteiger partial charge in [0.1, 0.15) is 17.2 Å². The number of anilines is 1. The van der Waals surface area contributed by atoms with Gasteiger partial charge < -0.3 is 15.8 Å². The van der Waals surface area contributed by atoms with E-state index in [0.717, 1.165) is 0 Å². The molecular weight excluding hydrogens is 242 g/mol. The maximum atomic E-state index is 11.7. The number of aromatic nitrogens is 1. The molecule has 0 aliphatic heterocycles. The Bertz CT molecular complexity index is 584. The summed E-state index contributed by atoms with van der Waals surface area (Å²) in [6.07, 6.45) is 1.53. The van der Waals surface area contributed by atoms with Crippen LogP contribution in [0.5, 0.6) is 11.5 Å². The van der Waals surface area contributed by atoms with E-state index in [1.54, 1.807) is 24.3 Å². The second-order valence-electron chi connectivity index (χ2n) is 3.88. The number of hydrogen-bond donors (Lipinski definition) is 2. The van der Waals surface area contributed by atoms with Gasteiger partial charge in [0.25, 0.3) is 5.91 Å². The van der Waals surface area contributed by atoms with Crippen molar-refractivity contribution in [1.29, 1.82) is 0 Å². The van der Waals surface area contributed by atoms with Crippen molar-refractivity contribution in [3.63, 3.8) is 0 Å². The van der Waals surface area contributed by atoms with Gasteiger partial charge >= 0.3 is 0 Å². The Morgan fingerprint density at radius 1 is 1.37 bits per heavy atom. The molecule has 0 saturated carbocycles. The number of para-hydroxylation sites is 2. The maximum Gasteiger partial charge on any atom is 0.270 e. The summed E-state index contributed by atoms with van der Waals surface area (Å²) >= 11 is 0. The standard InChI is InChI=1S/C14H15N3O2/c1-2-16-14(18)12-9-10(7-8-17-12)19-13-6-4-3-5-11(13)15/h3-9H,2,15H2,1H3,(H,16,18). The molecule has 1 amide bonds. The molecule has 0 bridgehead atoms. The highest BCUT2D eigenvalue weighted by atomic mass is 16.5. The van der Waals surface area contributed by atoms with E-state index in [2.05, 4.69) is 10.3 Å². The summed E-state index contributed by atoms with van der Waals surface area (Å²) in [5, 5.41) is 2.68. The molecule has 0 spiro atoms. The van der Waals surface area contributed by atoms with E-state index in [9.17, 15) is 4.79 Å². The number of benzene rings is 1. The Labute approximate surface area is 111 Å². The van der Waals surface area contributed by atoms with Crippen molar-refractivity contribution in [3.8, 4) is 11.5 Å². The molecule has 19 heavy (non-hydrogen) atoms. The summed E-state index contributed by atoms with van der Waals surface area (Å²) in [5.74, 6) is 0.846. The van der Waals surface area contributed by atoms with E-state index in [1.807, 2.05) is 19.1 Å². The fraction of sp³-hybridized carbons (Fsp3) is 0.143. The normalized spacial score (nSPS) is 9.95. The van der Waals surface area contributed by atoms with Crippen LogP contribution in [0.1, 0.15) is 17.4 Å². The van der Waals surface area contributed by atoms with Crippen molar-refractivity contribution in [1.82, 2.24) is 10.3 Å². The molecule has 1 aromatic heterocycles. The summed E-state index contributed by atoms with van der Waals surface area (Å²) in [6, 6.07) is 10.4. The van der Waals surface area contributed by atoms with Gasteiger partial charge in [0.05, 0.1) is 5.69 Å². The van der Waals surface area contributed by atoms with Crippen LogP contribution in [0, 0.1) is 0 Å². The topological polar surface area (TPSA) is 77.2 Å². The molecule has 1 aromatic carbocycles. The zero-order valence-electron chi connectivity index (χ0n) is 10.6. The fourth-order valence-electron chi connectivity index (χ4n) is 1.55. The largest absolute Gasteiger partial charge is 0.455 e. The summed E-state index contributed by atoms with van der Waals surface area (Å²) in [7, 11) is 0. The highest BCUT2D eigenvalue weighted by Gasteiger charge is 2.08. The number of carbonyl (C=O) groups is 1. The first-order valence-corrected chi connectivity index (χ1v) is 5.97. The number of ether oxygens (including phenoxy) is 1. The average molecular weight is 257 g/mol. The summed E-state index contributed by atoms with van der Waals surface area (Å²) < 4.78 is 5.63. The number of carbonyl (C=O) groups excluding carboxylic acids is 1. The molecule has 0 saturated heterocycles. The lowest BCUT2D eigenvalue weighted by Gasteiger charge is -2.09. The number of nitrogens with zero attached hydrogens (tertiary/aromatic N) is 1. The predicted octanol–water partition coefficient (Wildman–Crippen LogP) is 2.21. The van der Waals surface area contributed by atoms with Crippen molar-refractivity contribution in [2.75, 3.05) is 12.3 Å². The van der Waals surface area contributed by atoms with Crippen LogP contribution in [0.25, 0.3) is 0 Å². The second-order valence-corrected chi connectivity index (χ2v) is 3.88. The fourth-order valence-corrected chi connectivity index (χ4v) is 1.55. The third kappa shape index (κ3) is 3.22. The number of nitrogens with two attached hydrogens (primary N) is 1. The van der Waals surface area contributed by atoms with E-state index in [1.165, 1.54) is 6.20 Å². The maximum absolute atomic E-state index is 11.7. The third-order valence-electron chi connectivity index (χ3n) is 2.45. The lowest BCUT2D eigenvalue weighted by Crippen LogP contribution is -2.23. The molecule has 1 heterocycles. The lowest BCUT2D eigenvalue weighted by atomic mass is 10.3. The molecule has 98 valence electrons. The van der Waals surface area contributed by atoms with Gasteiger partial charge in [-0.15, -0.1) is 0 Å². The Morgan fingerprint density at radius 2 is 2.16 bits per heavy atom. The average Bonchev–Trinajstić information content (AvgIpc) is 2.42. The molecular formula is C14H15N3O2. The van der Waals surface area contributed by atoms with Crippen LogP contribution in [0.2, 0.25) is 0 Å². The minimum absolute atomic E-state index is 0.228. The minimum Gasteiger partial charge on any atom is -0.455 e. The van der Waals surface area contributed by atoms with Crippen LogP contribution < -0.4 is 15.8 Å². The summed E-state index contributed by atoms with van der Waals surface area (Å²) in [5.41, 5.74) is 6.65. The molecule has 0 atom stereocenters. The van der Waals surface area contributed by atoms with Crippen LogP contribution in [0.15, 0.2) is 42.6 Å². The van der Waals surface area contributed by atoms with E-state index in [-0.39, 0.29) is 5.91 Å². The Hall–Kier alpha value is -2.56. The minimum atomic E-state index is -0.228. The van der Waals surface area contributed by atoms with E-state index in [4.69, 9.17) is 10.5 Å². The molecule has 0 radical (unpaired) electrons.